The van der Waals surface area contributed by atoms with Gasteiger partial charge in [-0.15, -0.1) is 11.8 Å². The third-order valence-corrected chi connectivity index (χ3v) is 4.12. The third-order valence-electron chi connectivity index (χ3n) is 3.39. The van der Waals surface area contributed by atoms with Gasteiger partial charge in [-0.1, -0.05) is 0 Å². The van der Waals surface area contributed by atoms with Crippen LogP contribution in [0.1, 0.15) is 20.8 Å². The van der Waals surface area contributed by atoms with Crippen LogP contribution in [0.15, 0.2) is 41.4 Å². The normalized spacial score (nSPS) is 10.2. The maximum atomic E-state index is 12.1. The number of rotatable bonds is 6. The number of thioether (sulfide) groups is 1. The van der Waals surface area contributed by atoms with E-state index < -0.39 is 24.4 Å². The molecule has 0 atom stereocenters. The highest BCUT2D eigenvalue weighted by Crippen LogP contribution is 2.25. The summed E-state index contributed by atoms with van der Waals surface area (Å²) in [5.41, 5.74) is 0.538. The fourth-order valence-electron chi connectivity index (χ4n) is 2.10. The monoisotopic (exact) mass is 362 g/mol. The lowest BCUT2D eigenvalue weighted by Crippen LogP contribution is -2.35. The first-order chi connectivity index (χ1) is 12.0. The van der Waals surface area contributed by atoms with Crippen molar-refractivity contribution in [3.63, 3.8) is 0 Å². The number of amides is 2. The smallest absolute Gasteiger partial charge is 0.342 e. The second-order valence-electron chi connectivity index (χ2n) is 5.02. The molecule has 132 valence electrons. The van der Waals surface area contributed by atoms with E-state index in [1.54, 1.807) is 48.1 Å². The zero-order chi connectivity index (χ0) is 18.4. The highest BCUT2D eigenvalue weighted by Gasteiger charge is 2.18. The summed E-state index contributed by atoms with van der Waals surface area (Å²) < 4.78 is 11.7. The molecule has 0 aliphatic rings. The summed E-state index contributed by atoms with van der Waals surface area (Å²) in [6, 6.07) is 8.29. The van der Waals surface area contributed by atoms with Crippen LogP contribution in [0.3, 0.4) is 0 Å². The van der Waals surface area contributed by atoms with E-state index in [9.17, 15) is 14.4 Å². The van der Waals surface area contributed by atoms with Crippen LogP contribution in [0.4, 0.5) is 0 Å². The molecule has 0 radical (unpaired) electrons. The Labute approximate surface area is 149 Å². The van der Waals surface area contributed by atoms with Gasteiger partial charge in [0.2, 0.25) is 0 Å². The van der Waals surface area contributed by atoms with Crippen LogP contribution in [0.5, 0.6) is 5.75 Å². The fraction of sp³-hybridized carbons (Fsp3) is 0.235. The molecule has 2 rings (SSSR count). The Balaban J connectivity index is 1.94. The van der Waals surface area contributed by atoms with Crippen LogP contribution in [-0.4, -0.2) is 42.3 Å². The van der Waals surface area contributed by atoms with E-state index in [2.05, 4.69) is 5.32 Å². The number of imide groups is 1. The van der Waals surface area contributed by atoms with E-state index in [4.69, 9.17) is 9.47 Å². The van der Waals surface area contributed by atoms with Crippen molar-refractivity contribution in [1.82, 2.24) is 9.88 Å². The molecule has 0 saturated carbocycles. The Kier molecular flexibility index (Phi) is 6.24. The number of nitrogens with one attached hydrogen (secondary N) is 1. The lowest BCUT2D eigenvalue weighted by Gasteiger charge is -2.10. The molecule has 0 fully saturated rings. The number of carbonyl (C=O) groups is 3. The minimum atomic E-state index is -0.709. The predicted octanol–water partition coefficient (Wildman–Crippen LogP) is 1.87. The van der Waals surface area contributed by atoms with Crippen LogP contribution in [0.25, 0.3) is 0 Å². The molecule has 7 nitrogen and oxygen atoms in total. The lowest BCUT2D eigenvalue weighted by atomic mass is 10.2. The van der Waals surface area contributed by atoms with E-state index in [-0.39, 0.29) is 5.56 Å². The van der Waals surface area contributed by atoms with Gasteiger partial charge in [0.05, 0.1) is 7.11 Å². The van der Waals surface area contributed by atoms with Crippen LogP contribution in [0, 0.1) is 0 Å². The van der Waals surface area contributed by atoms with Gasteiger partial charge < -0.3 is 14.0 Å². The standard InChI is InChI=1S/C17H18N2O5S/c1-19-8-4-5-13(19)16(21)18-15(20)10-24-17(22)12-7-6-11(25-3)9-14(12)23-2/h4-9H,10H2,1-3H3,(H,18,20,21). The first kappa shape index (κ1) is 18.6. The zero-order valence-electron chi connectivity index (χ0n) is 14.1. The molecule has 25 heavy (non-hydrogen) atoms. The summed E-state index contributed by atoms with van der Waals surface area (Å²) in [7, 11) is 3.13. The summed E-state index contributed by atoms with van der Waals surface area (Å²) >= 11 is 1.51. The molecule has 1 aromatic carbocycles. The molecular weight excluding hydrogens is 344 g/mol. The number of aryl methyl sites for hydroxylation is 1. The molecule has 1 aromatic heterocycles. The van der Waals surface area contributed by atoms with Gasteiger partial charge in [-0.05, 0) is 36.6 Å². The maximum Gasteiger partial charge on any atom is 0.342 e. The van der Waals surface area contributed by atoms with E-state index in [1.165, 1.54) is 18.9 Å². The number of nitrogens with zero attached hydrogens (tertiary/aromatic N) is 1. The van der Waals surface area contributed by atoms with Gasteiger partial charge in [-0.2, -0.15) is 0 Å². The second-order valence-corrected chi connectivity index (χ2v) is 5.90. The number of carbonyl (C=O) groups excluding carboxylic acids is 3. The average molecular weight is 362 g/mol. The van der Waals surface area contributed by atoms with Crippen LogP contribution >= 0.6 is 11.8 Å². The van der Waals surface area contributed by atoms with Gasteiger partial charge in [-0.25, -0.2) is 4.79 Å². The Bertz CT molecular complexity index is 800. The number of hydrogen-bond acceptors (Lipinski definition) is 6. The van der Waals surface area contributed by atoms with Crippen molar-refractivity contribution < 1.29 is 23.9 Å². The van der Waals surface area contributed by atoms with Gasteiger partial charge in [0, 0.05) is 18.1 Å². The Morgan fingerprint density at radius 2 is 2.00 bits per heavy atom. The van der Waals surface area contributed by atoms with Crippen molar-refractivity contribution in [3.05, 3.63) is 47.8 Å². The van der Waals surface area contributed by atoms with E-state index >= 15 is 0 Å². The average Bonchev–Trinajstić information content (AvgIpc) is 3.05. The minimum Gasteiger partial charge on any atom is -0.496 e. The topological polar surface area (TPSA) is 86.6 Å². The summed E-state index contributed by atoms with van der Waals surface area (Å²) in [5, 5.41) is 2.17. The van der Waals surface area contributed by atoms with E-state index in [0.29, 0.717) is 11.4 Å². The maximum absolute atomic E-state index is 12.1. The lowest BCUT2D eigenvalue weighted by molar-refractivity contribution is -0.123. The first-order valence-corrected chi connectivity index (χ1v) is 8.53. The number of methoxy groups -OCH3 is 1. The largest absolute Gasteiger partial charge is 0.496 e. The molecule has 0 aliphatic carbocycles. The molecule has 1 heterocycles. The number of esters is 1. The third kappa shape index (κ3) is 4.63. The van der Waals surface area contributed by atoms with Crippen LogP contribution in [0.2, 0.25) is 0 Å². The van der Waals surface area contributed by atoms with Crippen molar-refractivity contribution >= 4 is 29.5 Å². The number of hydrogen-bond donors (Lipinski definition) is 1. The minimum absolute atomic E-state index is 0.210. The van der Waals surface area contributed by atoms with Crippen molar-refractivity contribution in [2.24, 2.45) is 7.05 Å². The number of aromatic nitrogens is 1. The molecule has 2 amide bonds. The summed E-state index contributed by atoms with van der Waals surface area (Å²) in [5.74, 6) is -1.61. The molecule has 0 spiro atoms. The Hall–Kier alpha value is -2.74. The van der Waals surface area contributed by atoms with Gasteiger partial charge in [0.1, 0.15) is 17.0 Å². The van der Waals surface area contributed by atoms with Crippen LogP contribution in [-0.2, 0) is 16.6 Å². The molecule has 2 aromatic rings. The quantitative estimate of drug-likeness (QED) is 0.624. The van der Waals surface area contributed by atoms with E-state index in [0.717, 1.165) is 4.90 Å². The van der Waals surface area contributed by atoms with Crippen LogP contribution < -0.4 is 10.1 Å². The molecule has 8 heteroatoms. The summed E-state index contributed by atoms with van der Waals surface area (Å²) in [6.45, 7) is -0.567. The van der Waals surface area contributed by atoms with Crippen molar-refractivity contribution in [1.29, 1.82) is 0 Å². The van der Waals surface area contributed by atoms with Crippen molar-refractivity contribution in [2.45, 2.75) is 4.90 Å². The first-order valence-electron chi connectivity index (χ1n) is 7.31. The molecule has 0 bridgehead atoms. The fourth-order valence-corrected chi connectivity index (χ4v) is 2.53. The Morgan fingerprint density at radius 1 is 1.24 bits per heavy atom. The van der Waals surface area contributed by atoms with Gasteiger partial charge in [-0.3, -0.25) is 14.9 Å². The molecular formula is C17H18N2O5S. The van der Waals surface area contributed by atoms with Gasteiger partial charge in [0.15, 0.2) is 6.61 Å². The molecule has 1 N–H and O–H groups in total. The highest BCUT2D eigenvalue weighted by molar-refractivity contribution is 7.98. The Morgan fingerprint density at radius 3 is 2.60 bits per heavy atom. The van der Waals surface area contributed by atoms with E-state index in [1.807, 2.05) is 6.26 Å². The molecule has 0 unspecified atom stereocenters. The molecule has 0 aliphatic heterocycles. The predicted molar refractivity (Wildman–Crippen MR) is 92.9 cm³/mol. The van der Waals surface area contributed by atoms with Gasteiger partial charge >= 0.3 is 5.97 Å². The highest BCUT2D eigenvalue weighted by atomic mass is 32.2. The summed E-state index contributed by atoms with van der Waals surface area (Å²) in [6.07, 6.45) is 3.59. The number of ether oxygens (including phenoxy) is 2. The number of benzene rings is 1. The zero-order valence-corrected chi connectivity index (χ0v) is 14.9. The second kappa shape index (κ2) is 8.39. The summed E-state index contributed by atoms with van der Waals surface area (Å²) in [4.78, 5) is 36.8. The van der Waals surface area contributed by atoms with Crippen molar-refractivity contribution in [3.8, 4) is 5.75 Å². The SMILES string of the molecule is COc1cc(SC)ccc1C(=O)OCC(=O)NC(=O)c1cccn1C. The van der Waals surface area contributed by atoms with Crippen molar-refractivity contribution in [2.75, 3.05) is 20.0 Å². The molecule has 0 saturated heterocycles. The van der Waals surface area contributed by atoms with Gasteiger partial charge in [0.25, 0.3) is 11.8 Å².